The number of phosphoric acid groups is 1. The lowest BCUT2D eigenvalue weighted by atomic mass is 15.8. The van der Waals surface area contributed by atoms with Crippen molar-refractivity contribution in [3.8, 4) is 0 Å². The van der Waals surface area contributed by atoms with Crippen molar-refractivity contribution >= 4 is 25.2 Å². The first kappa shape index (κ1) is 15.6. The van der Waals surface area contributed by atoms with E-state index in [0.29, 0.717) is 0 Å². The third kappa shape index (κ3) is 385. The average Bonchev–Trinajstić information content (AvgIpc) is 0.722. The van der Waals surface area contributed by atoms with Gasteiger partial charge in [0.1, 0.15) is 0 Å². The fraction of sp³-hybridized carbons (Fsp3) is 0. The first-order chi connectivity index (χ1) is 2.00. The Balaban J connectivity index is -0.0000000800. The Morgan fingerprint density at radius 3 is 1.14 bits per heavy atom. The molecule has 0 aliphatic heterocycles. The van der Waals surface area contributed by atoms with E-state index in [9.17, 15) is 0 Å². The molecule has 0 aromatic heterocycles. The summed E-state index contributed by atoms with van der Waals surface area (Å²) >= 11 is 0. The molecular formula is H6AlO5P. The molecule has 0 aromatic carbocycles. The van der Waals surface area contributed by atoms with Gasteiger partial charge in [-0.05, 0) is 0 Å². The van der Waals surface area contributed by atoms with Gasteiger partial charge in [-0.3, -0.25) is 0 Å². The Kier molecular flexibility index (Phi) is 10.6. The van der Waals surface area contributed by atoms with Crippen molar-refractivity contribution in [2.45, 2.75) is 0 Å². The van der Waals surface area contributed by atoms with Crippen LogP contribution in [-0.4, -0.2) is 32.0 Å². The molecule has 0 saturated carbocycles. The first-order valence-corrected chi connectivity index (χ1v) is 2.35. The molecule has 0 bridgehead atoms. The highest BCUT2D eigenvalue weighted by atomic mass is 31.2. The van der Waals surface area contributed by atoms with Crippen LogP contribution in [0.5, 0.6) is 0 Å². The molecule has 0 saturated heterocycles. The van der Waals surface area contributed by atoms with Crippen molar-refractivity contribution in [1.29, 1.82) is 0 Å². The summed E-state index contributed by atoms with van der Waals surface area (Å²) in [6, 6.07) is 0. The van der Waals surface area contributed by atoms with E-state index < -0.39 is 7.82 Å². The van der Waals surface area contributed by atoms with Crippen molar-refractivity contribution in [2.75, 3.05) is 0 Å². The fourth-order valence-corrected chi connectivity index (χ4v) is 0. The Hall–Kier alpha value is 0.602. The van der Waals surface area contributed by atoms with E-state index in [1.165, 1.54) is 0 Å². The Bertz CT molecular complexity index is 54.2. The van der Waals surface area contributed by atoms with Gasteiger partial charge in [0, 0.05) is 5.48 Å². The highest BCUT2D eigenvalue weighted by Gasteiger charge is 2.00. The molecule has 7 heteroatoms. The molecule has 0 aliphatic carbocycles. The van der Waals surface area contributed by atoms with Crippen LogP contribution < -0.4 is 0 Å². The maximum atomic E-state index is 8.88. The summed E-state index contributed by atoms with van der Waals surface area (Å²) in [5.41, 5.74) is 0. The van der Waals surface area contributed by atoms with Crippen LogP contribution >= 0.6 is 7.82 Å². The van der Waals surface area contributed by atoms with Crippen LogP contribution in [0.4, 0.5) is 0 Å². The van der Waals surface area contributed by atoms with Crippen LogP contribution in [0.1, 0.15) is 0 Å². The molecule has 0 amide bonds. The summed E-state index contributed by atoms with van der Waals surface area (Å²) in [5, 5.41) is 0. The van der Waals surface area contributed by atoms with Gasteiger partial charge in [0.25, 0.3) is 0 Å². The second-order valence-electron chi connectivity index (χ2n) is 0.513. The Morgan fingerprint density at radius 1 is 1.14 bits per heavy atom. The van der Waals surface area contributed by atoms with Crippen LogP contribution in [0, 0.1) is 0 Å². The van der Waals surface area contributed by atoms with E-state index >= 15 is 0 Å². The lowest BCUT2D eigenvalue weighted by Crippen LogP contribution is -1.66. The van der Waals surface area contributed by atoms with Gasteiger partial charge in [0.15, 0.2) is 17.4 Å². The molecular weight excluding hydrogens is 138 g/mol. The van der Waals surface area contributed by atoms with Gasteiger partial charge < -0.3 is 14.7 Å². The van der Waals surface area contributed by atoms with Gasteiger partial charge in [-0.1, -0.05) is 0 Å². The van der Waals surface area contributed by atoms with E-state index in [0.717, 1.165) is 0 Å². The molecule has 0 aromatic rings. The maximum absolute atomic E-state index is 8.88. The van der Waals surface area contributed by atoms with Gasteiger partial charge in [0.05, 0.1) is 0 Å². The molecule has 2 radical (unpaired) electrons. The van der Waals surface area contributed by atoms with Gasteiger partial charge in [-0.2, -0.15) is 0 Å². The van der Waals surface area contributed by atoms with Gasteiger partial charge in [0.2, 0.25) is 0 Å². The van der Waals surface area contributed by atoms with Crippen molar-refractivity contribution in [1.82, 2.24) is 0 Å². The van der Waals surface area contributed by atoms with E-state index in [2.05, 4.69) is 0 Å². The lowest BCUT2D eigenvalue weighted by Gasteiger charge is -1.82. The minimum Gasteiger partial charge on any atom is -0.303 e. The summed E-state index contributed by atoms with van der Waals surface area (Å²) in [6.45, 7) is 0. The van der Waals surface area contributed by atoms with E-state index in [-0.39, 0.29) is 22.8 Å². The van der Waals surface area contributed by atoms with Crippen molar-refractivity contribution in [2.24, 2.45) is 0 Å². The van der Waals surface area contributed by atoms with Gasteiger partial charge in [-0.15, -0.1) is 0 Å². The topological polar surface area (TPSA) is 106 Å². The van der Waals surface area contributed by atoms with Crippen molar-refractivity contribution in [3.05, 3.63) is 0 Å². The van der Waals surface area contributed by atoms with Gasteiger partial charge in [-0.25, -0.2) is 4.57 Å². The van der Waals surface area contributed by atoms with E-state index in [1.807, 2.05) is 0 Å². The highest BCUT2D eigenvalue weighted by molar-refractivity contribution is 7.45. The Morgan fingerprint density at radius 2 is 1.14 bits per heavy atom. The monoisotopic (exact) mass is 144 g/mol. The third-order valence-corrected chi connectivity index (χ3v) is 0. The van der Waals surface area contributed by atoms with Crippen LogP contribution in [0.2, 0.25) is 0 Å². The van der Waals surface area contributed by atoms with Crippen molar-refractivity contribution in [3.63, 3.8) is 0 Å². The van der Waals surface area contributed by atoms with E-state index in [4.69, 9.17) is 19.2 Å². The zero-order valence-electron chi connectivity index (χ0n) is 2.61. The zero-order chi connectivity index (χ0) is 4.50. The third-order valence-electron chi connectivity index (χ3n) is 0. The average molecular weight is 144 g/mol. The molecule has 0 fully saturated rings. The minimum absolute atomic E-state index is 0. The molecule has 0 aliphatic rings. The maximum Gasteiger partial charge on any atom is 0.466 e. The first-order valence-electron chi connectivity index (χ1n) is 0.783. The van der Waals surface area contributed by atoms with Gasteiger partial charge >= 0.3 is 7.82 Å². The summed E-state index contributed by atoms with van der Waals surface area (Å²) in [7, 11) is -4.64. The predicted molar refractivity (Wildman–Crippen MR) is 24.9 cm³/mol. The smallest absolute Gasteiger partial charge is 0.303 e. The fourth-order valence-electron chi connectivity index (χ4n) is 0. The summed E-state index contributed by atoms with van der Waals surface area (Å²) < 4.78 is 8.88. The SMILES string of the molecule is O=P(O)(O)O.[AlH3].[O]. The summed E-state index contributed by atoms with van der Waals surface area (Å²) in [4.78, 5) is 21.6. The molecule has 0 spiro atoms. The highest BCUT2D eigenvalue weighted by Crippen LogP contribution is 2.25. The van der Waals surface area contributed by atoms with Crippen molar-refractivity contribution < 1.29 is 24.7 Å². The van der Waals surface area contributed by atoms with Crippen LogP contribution in [0.25, 0.3) is 0 Å². The standard InChI is InChI=1S/Al.H3O4P.O.3H/c;1-5(2,3)4;;;;/h;(H3,1,2,3,4);;;;. The van der Waals surface area contributed by atoms with Crippen LogP contribution in [0.15, 0.2) is 0 Å². The number of hydrogen-bond donors (Lipinski definition) is 3. The molecule has 7 heavy (non-hydrogen) atoms. The molecule has 3 N–H and O–H groups in total. The summed E-state index contributed by atoms with van der Waals surface area (Å²) in [6.07, 6.45) is 0. The predicted octanol–water partition coefficient (Wildman–Crippen LogP) is -2.23. The molecule has 0 heterocycles. The largest absolute Gasteiger partial charge is 0.466 e. The molecule has 5 nitrogen and oxygen atoms in total. The molecule has 0 atom stereocenters. The number of hydrogen-bond acceptors (Lipinski definition) is 1. The Labute approximate surface area is 50.7 Å². The molecule has 0 rings (SSSR count). The quantitative estimate of drug-likeness (QED) is 0.264. The lowest BCUT2D eigenvalue weighted by molar-refractivity contribution is 0.275. The minimum atomic E-state index is -4.64. The molecule has 44 valence electrons. The molecule has 0 unspecified atom stereocenters. The summed E-state index contributed by atoms with van der Waals surface area (Å²) in [5.74, 6) is 0. The zero-order valence-corrected chi connectivity index (χ0v) is 3.50. The second-order valence-corrected chi connectivity index (χ2v) is 1.54. The number of rotatable bonds is 0. The van der Waals surface area contributed by atoms with Crippen LogP contribution in [-0.2, 0) is 10.0 Å². The van der Waals surface area contributed by atoms with E-state index in [1.54, 1.807) is 0 Å². The normalized spacial score (nSPS) is 8.43. The van der Waals surface area contributed by atoms with Crippen LogP contribution in [0.3, 0.4) is 0 Å². The second kappa shape index (κ2) is 4.75.